The van der Waals surface area contributed by atoms with Gasteiger partial charge in [0.1, 0.15) is 36.6 Å². The Labute approximate surface area is 344 Å². The molecule has 3 aliphatic heterocycles. The van der Waals surface area contributed by atoms with Gasteiger partial charge in [0.25, 0.3) is 0 Å². The predicted molar refractivity (Wildman–Crippen MR) is 209 cm³/mol. The average molecular weight is 821 g/mol. The average Bonchev–Trinajstić information content (AvgIpc) is 4.12. The molecule has 59 heavy (non-hydrogen) atoms. The molecule has 2 saturated carbocycles. The van der Waals surface area contributed by atoms with Crippen LogP contribution in [0.25, 0.3) is 6.08 Å². The number of amides is 2. The van der Waals surface area contributed by atoms with Crippen molar-refractivity contribution < 1.29 is 62.3 Å². The molecule has 0 radical (unpaired) electrons. The van der Waals surface area contributed by atoms with E-state index in [0.29, 0.717) is 30.5 Å². The van der Waals surface area contributed by atoms with Crippen LogP contribution in [0.2, 0.25) is 0 Å². The Bertz CT molecular complexity index is 1880. The number of hydrogen-bond acceptors (Lipinski definition) is 13. The van der Waals surface area contributed by atoms with E-state index in [2.05, 4.69) is 5.32 Å². The molecule has 2 amide bonds. The van der Waals surface area contributed by atoms with E-state index in [-0.39, 0.29) is 55.8 Å². The summed E-state index contributed by atoms with van der Waals surface area (Å²) in [4.78, 5) is 80.3. The van der Waals surface area contributed by atoms with E-state index in [1.807, 2.05) is 0 Å². The quantitative estimate of drug-likeness (QED) is 0.156. The Balaban J connectivity index is 1.04. The molecule has 5 fully saturated rings. The molecular formula is C44H56N2O13. The molecule has 1 aromatic rings. The maximum Gasteiger partial charge on any atom is 0.348 e. The van der Waals surface area contributed by atoms with Gasteiger partial charge >= 0.3 is 23.9 Å². The van der Waals surface area contributed by atoms with Crippen LogP contribution in [0.4, 0.5) is 0 Å². The molecule has 0 aromatic heterocycles. The normalized spacial score (nSPS) is 27.7. The largest absolute Gasteiger partial charge is 0.462 e. The summed E-state index contributed by atoms with van der Waals surface area (Å²) in [7, 11) is 0. The lowest BCUT2D eigenvalue weighted by Gasteiger charge is -2.33. The fourth-order valence-corrected chi connectivity index (χ4v) is 8.45. The Morgan fingerprint density at radius 3 is 2.41 bits per heavy atom. The number of cyclic esters (lactones) is 1. The summed E-state index contributed by atoms with van der Waals surface area (Å²) >= 11 is 0. The van der Waals surface area contributed by atoms with E-state index in [0.717, 1.165) is 25.7 Å². The summed E-state index contributed by atoms with van der Waals surface area (Å²) < 4.78 is 35.5. The highest BCUT2D eigenvalue weighted by Crippen LogP contribution is 2.59. The molecule has 7 rings (SSSR count). The van der Waals surface area contributed by atoms with E-state index < -0.39 is 83.1 Å². The van der Waals surface area contributed by atoms with Crippen molar-refractivity contribution in [1.82, 2.24) is 10.2 Å². The number of likely N-dealkylation sites (tertiary alicyclic amines) is 1. The summed E-state index contributed by atoms with van der Waals surface area (Å²) in [6, 6.07) is 4.98. The van der Waals surface area contributed by atoms with Gasteiger partial charge in [0, 0.05) is 48.3 Å². The number of fused-ring (bicyclic) bond motifs is 1. The third-order valence-corrected chi connectivity index (χ3v) is 11.7. The first-order valence-corrected chi connectivity index (χ1v) is 20.8. The van der Waals surface area contributed by atoms with Crippen molar-refractivity contribution in [3.05, 3.63) is 53.1 Å². The lowest BCUT2D eigenvalue weighted by Crippen LogP contribution is -2.51. The number of aliphatic hydroxyl groups is 1. The summed E-state index contributed by atoms with van der Waals surface area (Å²) in [5.41, 5.74) is -0.255. The van der Waals surface area contributed by atoms with E-state index in [1.54, 1.807) is 65.0 Å². The van der Waals surface area contributed by atoms with Crippen molar-refractivity contribution in [2.45, 2.75) is 140 Å². The smallest absolute Gasteiger partial charge is 0.348 e. The highest BCUT2D eigenvalue weighted by molar-refractivity contribution is 5.98. The fraction of sp³-hybridized carbons (Fsp3) is 0.636. The minimum Gasteiger partial charge on any atom is -0.462 e. The minimum atomic E-state index is -1.03. The van der Waals surface area contributed by atoms with Gasteiger partial charge in [0.2, 0.25) is 17.9 Å². The van der Waals surface area contributed by atoms with E-state index in [4.69, 9.17) is 28.4 Å². The van der Waals surface area contributed by atoms with Crippen LogP contribution in [0.3, 0.4) is 0 Å². The number of carbonyl (C=O) groups excluding carboxylic acids is 6. The van der Waals surface area contributed by atoms with Crippen LogP contribution in [0.5, 0.6) is 0 Å². The van der Waals surface area contributed by atoms with Crippen LogP contribution in [-0.4, -0.2) is 113 Å². The molecule has 2 N–H and O–H groups in total. The molecule has 0 spiro atoms. The van der Waals surface area contributed by atoms with Crippen molar-refractivity contribution in [2.75, 3.05) is 19.8 Å². The van der Waals surface area contributed by atoms with E-state index in [9.17, 15) is 33.9 Å². The maximum absolute atomic E-state index is 14.4. The number of hydrogen-bond donors (Lipinski definition) is 2. The third-order valence-electron chi connectivity index (χ3n) is 11.7. The zero-order valence-electron chi connectivity index (χ0n) is 34.4. The zero-order chi connectivity index (χ0) is 42.3. The van der Waals surface area contributed by atoms with E-state index >= 15 is 0 Å². The summed E-state index contributed by atoms with van der Waals surface area (Å²) in [5, 5.41) is 12.8. The number of rotatable bonds is 14. The van der Waals surface area contributed by atoms with Gasteiger partial charge in [-0.25, -0.2) is 14.4 Å². The van der Waals surface area contributed by atoms with Crippen LogP contribution in [0.1, 0.15) is 108 Å². The van der Waals surface area contributed by atoms with Crippen LogP contribution in [-0.2, 0) is 52.4 Å². The van der Waals surface area contributed by atoms with Crippen LogP contribution >= 0.6 is 0 Å². The molecule has 0 unspecified atom stereocenters. The SMILES string of the molecule is CC(C)(C)OC(=O)CC[C@@H](CO)NC(=O)[C@H]1CCCN1C(=O)C1=C[C@H]2OC(C3CC3)(C3CC3)O[C@H]2[C@H](OC(=O)c2cccc(C=CC(=O)O[C@H]3C(=O)OCC3(C)C)c2)C1. The van der Waals surface area contributed by atoms with Gasteiger partial charge in [0.15, 0.2) is 5.79 Å². The number of nitrogens with one attached hydrogen (secondary N) is 1. The molecule has 0 bridgehead atoms. The van der Waals surface area contributed by atoms with Crippen molar-refractivity contribution in [1.29, 1.82) is 0 Å². The van der Waals surface area contributed by atoms with Gasteiger partial charge in [-0.1, -0.05) is 26.0 Å². The second kappa shape index (κ2) is 16.8. The maximum atomic E-state index is 14.4. The predicted octanol–water partition coefficient (Wildman–Crippen LogP) is 3.94. The standard InChI is InChI=1S/C44H56N2O13/c1-42(2,3)58-35(49)18-16-30(23-47)45-38(50)31-10-7-19-46(31)39(51)27-21-32(36-33(22-27)57-44(59-36,28-12-13-28)29-14-15-29)55-40(52)26-9-6-8-25(20-26)11-17-34(48)56-37-41(53)54-24-43(37,4)5/h6,8-9,11,17,20,22,28-33,36-37,47H,7,10,12-16,18-19,21,23-24H2,1-5H3,(H,45,50)/t30-,31+,32+,33+,36-,37-/m0/s1. The molecule has 15 nitrogen and oxygen atoms in total. The fourth-order valence-electron chi connectivity index (χ4n) is 8.45. The third kappa shape index (κ3) is 9.73. The summed E-state index contributed by atoms with van der Waals surface area (Å²) in [6.07, 6.45) is 6.25. The Hall–Kier alpha value is -4.60. The highest BCUT2D eigenvalue weighted by Gasteiger charge is 2.64. The van der Waals surface area contributed by atoms with Gasteiger partial charge in [-0.05, 0) is 95.6 Å². The number of aliphatic hydroxyl groups excluding tert-OH is 1. The first-order chi connectivity index (χ1) is 28.0. The van der Waals surface area contributed by atoms with Gasteiger partial charge in [-0.3, -0.25) is 14.4 Å². The molecule has 3 heterocycles. The molecule has 1 aromatic carbocycles. The topological polar surface area (TPSA) is 193 Å². The molecule has 320 valence electrons. The Morgan fingerprint density at radius 1 is 1.03 bits per heavy atom. The van der Waals surface area contributed by atoms with Crippen LogP contribution < -0.4 is 5.32 Å². The highest BCUT2D eigenvalue weighted by atomic mass is 16.8. The van der Waals surface area contributed by atoms with Gasteiger partial charge in [-0.2, -0.15) is 0 Å². The monoisotopic (exact) mass is 820 g/mol. The zero-order valence-corrected chi connectivity index (χ0v) is 34.4. The Kier molecular flexibility index (Phi) is 12.1. The number of ether oxygens (including phenoxy) is 6. The lowest BCUT2D eigenvalue weighted by atomic mass is 9.90. The van der Waals surface area contributed by atoms with Crippen LogP contribution in [0, 0.1) is 17.3 Å². The summed E-state index contributed by atoms with van der Waals surface area (Å²) in [6.45, 7) is 8.92. The molecule has 15 heteroatoms. The first kappa shape index (κ1) is 42.5. The van der Waals surface area contributed by atoms with Crippen molar-refractivity contribution >= 4 is 41.8 Å². The van der Waals surface area contributed by atoms with Crippen molar-refractivity contribution in [2.24, 2.45) is 17.3 Å². The number of nitrogens with zero attached hydrogens (tertiary/aromatic N) is 1. The van der Waals surface area contributed by atoms with Gasteiger partial charge in [-0.15, -0.1) is 0 Å². The number of carbonyl (C=O) groups is 6. The molecular weight excluding hydrogens is 764 g/mol. The molecule has 3 aliphatic carbocycles. The second-order valence-electron chi connectivity index (χ2n) is 18.3. The number of benzene rings is 1. The van der Waals surface area contributed by atoms with Gasteiger partial charge < -0.3 is 43.7 Å². The van der Waals surface area contributed by atoms with Crippen LogP contribution in [0.15, 0.2) is 42.0 Å². The second-order valence-corrected chi connectivity index (χ2v) is 18.3. The lowest BCUT2D eigenvalue weighted by molar-refractivity contribution is -0.209. The van der Waals surface area contributed by atoms with E-state index in [1.165, 1.54) is 17.1 Å². The van der Waals surface area contributed by atoms with Crippen molar-refractivity contribution in [3.8, 4) is 0 Å². The molecule has 3 saturated heterocycles. The first-order valence-electron chi connectivity index (χ1n) is 20.8. The minimum absolute atomic E-state index is 0.00486. The molecule has 6 atom stereocenters. The number of esters is 4. The Morgan fingerprint density at radius 2 is 1.76 bits per heavy atom. The van der Waals surface area contributed by atoms with Gasteiger partial charge in [0.05, 0.1) is 18.2 Å². The molecule has 6 aliphatic rings. The summed E-state index contributed by atoms with van der Waals surface area (Å²) in [5.74, 6) is -3.61. The van der Waals surface area contributed by atoms with Crippen molar-refractivity contribution in [3.63, 3.8) is 0 Å².